The van der Waals surface area contributed by atoms with E-state index in [0.29, 0.717) is 19.0 Å². The summed E-state index contributed by atoms with van der Waals surface area (Å²) in [4.78, 5) is 16.4. The van der Waals surface area contributed by atoms with Crippen LogP contribution in [0.4, 0.5) is 13.2 Å². The molecule has 47 heavy (non-hydrogen) atoms. The van der Waals surface area contributed by atoms with Gasteiger partial charge in [0.25, 0.3) is 0 Å². The number of alkyl halides is 3. The van der Waals surface area contributed by atoms with E-state index in [1.54, 1.807) is 0 Å². The van der Waals surface area contributed by atoms with Gasteiger partial charge in [0.2, 0.25) is 0 Å². The molecule has 0 aliphatic carbocycles. The van der Waals surface area contributed by atoms with Crippen LogP contribution >= 0.6 is 0 Å². The molecule has 6 rings (SSSR count). The number of para-hydroxylation sites is 1. The van der Waals surface area contributed by atoms with Crippen molar-refractivity contribution >= 4 is 68.0 Å². The molecular formula is C38H42F3IrN2O2Si-. The molecule has 0 bridgehead atoms. The number of aliphatic hydroxyl groups is 1. The Labute approximate surface area is 290 Å². The van der Waals surface area contributed by atoms with Crippen LogP contribution in [0, 0.1) is 24.8 Å². The first kappa shape index (κ1) is 35.1. The van der Waals surface area contributed by atoms with Crippen LogP contribution in [-0.2, 0) is 24.9 Å². The minimum absolute atomic E-state index is 0. The summed E-state index contributed by atoms with van der Waals surface area (Å²) in [5.41, 5.74) is 5.57. The van der Waals surface area contributed by atoms with E-state index >= 15 is 0 Å². The van der Waals surface area contributed by atoms with Gasteiger partial charge in [0.05, 0.1) is 21.6 Å². The molecule has 0 aliphatic rings. The van der Waals surface area contributed by atoms with E-state index in [9.17, 15) is 23.1 Å². The van der Waals surface area contributed by atoms with Crippen LogP contribution in [0.5, 0.6) is 0 Å². The summed E-state index contributed by atoms with van der Waals surface area (Å²) >= 11 is 0. The number of benzene rings is 3. The minimum Gasteiger partial charge on any atom is -0.512 e. The van der Waals surface area contributed by atoms with Crippen LogP contribution in [0.15, 0.2) is 66.5 Å². The average molecular weight is 837 g/mol. The van der Waals surface area contributed by atoms with Crippen molar-refractivity contribution in [2.24, 2.45) is 11.8 Å². The van der Waals surface area contributed by atoms with E-state index in [1.165, 1.54) is 33.9 Å². The molecule has 0 aliphatic heterocycles. The van der Waals surface area contributed by atoms with Crippen molar-refractivity contribution in [1.82, 2.24) is 9.38 Å². The van der Waals surface area contributed by atoms with Gasteiger partial charge >= 0.3 is 6.18 Å². The zero-order chi connectivity index (χ0) is 34.4. The van der Waals surface area contributed by atoms with Crippen LogP contribution in [0.3, 0.4) is 0 Å². The molecule has 0 saturated heterocycles. The van der Waals surface area contributed by atoms with Gasteiger partial charge in [-0.3, -0.25) is 4.79 Å². The van der Waals surface area contributed by atoms with Crippen molar-refractivity contribution in [1.29, 1.82) is 0 Å². The number of fused-ring (bicyclic) bond motifs is 5. The van der Waals surface area contributed by atoms with Gasteiger partial charge in [-0.1, -0.05) is 87.6 Å². The number of allylic oxidation sites excluding steroid dienone is 2. The number of rotatable bonds is 8. The molecule has 1 radical (unpaired) electrons. The van der Waals surface area contributed by atoms with Crippen LogP contribution in [0.25, 0.3) is 49.0 Å². The quantitative estimate of drug-likeness (QED) is 0.0415. The number of hydrogen-bond acceptors (Lipinski definition) is 3. The predicted octanol–water partition coefficient (Wildman–Crippen LogP) is 10.4. The number of ketones is 1. The van der Waals surface area contributed by atoms with Gasteiger partial charge in [0, 0.05) is 55.2 Å². The topological polar surface area (TPSA) is 54.6 Å². The maximum absolute atomic E-state index is 12.2. The molecule has 251 valence electrons. The van der Waals surface area contributed by atoms with E-state index in [2.05, 4.69) is 79.5 Å². The average Bonchev–Trinajstić information content (AvgIpc) is 3.32. The van der Waals surface area contributed by atoms with Crippen molar-refractivity contribution in [3.63, 3.8) is 0 Å². The third-order valence-corrected chi connectivity index (χ3v) is 11.0. The molecule has 1 atom stereocenters. The summed E-state index contributed by atoms with van der Waals surface area (Å²) in [6, 6.07) is 21.0. The Hall–Kier alpha value is -3.26. The van der Waals surface area contributed by atoms with Crippen molar-refractivity contribution < 1.29 is 44.5 Å². The first-order valence-corrected chi connectivity index (χ1v) is 19.5. The number of pyridine rings is 2. The summed E-state index contributed by atoms with van der Waals surface area (Å²) in [6.45, 7) is 14.5. The zero-order valence-corrected chi connectivity index (χ0v) is 31.3. The first-order valence-electron chi connectivity index (χ1n) is 16.5. The number of nitrogens with zero attached hydrogens (tertiary/aromatic N) is 2. The largest absolute Gasteiger partial charge is 0.512 e. The fourth-order valence-electron chi connectivity index (χ4n) is 6.43. The molecule has 1 unspecified atom stereocenters. The van der Waals surface area contributed by atoms with Gasteiger partial charge in [-0.05, 0) is 64.7 Å². The molecular weight excluding hydrogens is 794 g/mol. The SMILES string of the molecule is CCC(CC(F)(F)F)C(=O)/C=C(\O)C(CC)CC.[2H]c1cc2cc([Si](C)(C)C)cc3c2c(n1)c1[c-]c(C)cc2c4ccccc4n3c12.[Ir]. The number of aliphatic hydroxyl groups excluding tert-OH is 1. The van der Waals surface area contributed by atoms with Crippen molar-refractivity contribution in [2.75, 3.05) is 0 Å². The molecule has 3 heterocycles. The van der Waals surface area contributed by atoms with Gasteiger partial charge < -0.3 is 14.5 Å². The Morgan fingerprint density at radius 3 is 2.30 bits per heavy atom. The van der Waals surface area contributed by atoms with E-state index in [-0.39, 0.29) is 38.2 Å². The number of aromatic nitrogens is 2. The summed E-state index contributed by atoms with van der Waals surface area (Å²) in [5.74, 6) is -2.00. The molecule has 0 amide bonds. The second-order valence-corrected chi connectivity index (χ2v) is 18.4. The van der Waals surface area contributed by atoms with Gasteiger partial charge in [0.1, 0.15) is 0 Å². The first-order chi connectivity index (χ1) is 22.1. The maximum Gasteiger partial charge on any atom is 0.389 e. The Balaban J connectivity index is 0.000000240. The smallest absolute Gasteiger partial charge is 0.389 e. The normalized spacial score (nSPS) is 13.8. The summed E-state index contributed by atoms with van der Waals surface area (Å²) in [7, 11) is -1.54. The summed E-state index contributed by atoms with van der Waals surface area (Å²) in [5, 5.41) is 16.8. The van der Waals surface area contributed by atoms with E-state index < -0.39 is 32.4 Å². The maximum atomic E-state index is 12.2. The molecule has 6 aromatic rings. The number of carbonyl (C=O) groups excluding carboxylic acids is 1. The van der Waals surface area contributed by atoms with E-state index in [0.717, 1.165) is 38.8 Å². The molecule has 4 nitrogen and oxygen atoms in total. The fourth-order valence-corrected chi connectivity index (χ4v) is 7.59. The monoisotopic (exact) mass is 837 g/mol. The molecule has 1 N–H and O–H groups in total. The summed E-state index contributed by atoms with van der Waals surface area (Å²) < 4.78 is 47.5. The molecule has 3 aromatic carbocycles. The number of carbonyl (C=O) groups is 1. The summed E-state index contributed by atoms with van der Waals surface area (Å²) in [6.07, 6.45) is -2.77. The van der Waals surface area contributed by atoms with E-state index in [1.807, 2.05) is 19.9 Å². The van der Waals surface area contributed by atoms with Gasteiger partial charge in [0.15, 0.2) is 5.78 Å². The molecule has 3 aromatic heterocycles. The number of halogens is 3. The van der Waals surface area contributed by atoms with Crippen molar-refractivity contribution in [3.8, 4) is 0 Å². The Kier molecular flexibility index (Phi) is 10.5. The third kappa shape index (κ3) is 7.27. The molecule has 9 heteroatoms. The molecule has 0 spiro atoms. The van der Waals surface area contributed by atoms with E-state index in [4.69, 9.17) is 6.35 Å². The predicted molar refractivity (Wildman–Crippen MR) is 187 cm³/mol. The van der Waals surface area contributed by atoms with Crippen molar-refractivity contribution in [3.05, 3.63) is 78.2 Å². The Morgan fingerprint density at radius 2 is 1.68 bits per heavy atom. The zero-order valence-electron chi connectivity index (χ0n) is 28.9. The van der Waals surface area contributed by atoms with Crippen molar-refractivity contribution in [2.45, 2.75) is 79.2 Å². The number of hydrogen-bond donors (Lipinski definition) is 1. The minimum atomic E-state index is -4.35. The third-order valence-electron chi connectivity index (χ3n) is 9.03. The molecule has 0 saturated carbocycles. The fraction of sp³-hybridized carbons (Fsp3) is 0.368. The van der Waals surface area contributed by atoms with Gasteiger partial charge in [-0.2, -0.15) is 13.2 Å². The standard InChI is InChI=1S/C25H21N2Si.C13H21F3O2.Ir/c1-15-11-19-18-7-5-6-8-21(18)27-22-14-17(28(2,3)4)13-16-9-10-26-24(23(16)22)20(12-15)25(19)27;1-4-9(5-2)11(17)7-12(18)10(6-3)8-13(14,15)16;/h5-11,13-14H,1-4H3;7,9-10,17H,4-6,8H2,1-3H3;/q-1;;/b;11-7-;/i10D;;. The van der Waals surface area contributed by atoms with Gasteiger partial charge in [-0.25, -0.2) is 0 Å². The van der Waals surface area contributed by atoms with Crippen LogP contribution in [-0.4, -0.2) is 34.5 Å². The molecule has 0 fully saturated rings. The van der Waals surface area contributed by atoms with Crippen LogP contribution in [0.1, 0.15) is 53.4 Å². The van der Waals surface area contributed by atoms with Crippen LogP contribution in [0.2, 0.25) is 19.6 Å². The second-order valence-electron chi connectivity index (χ2n) is 13.3. The van der Waals surface area contributed by atoms with Gasteiger partial charge in [-0.15, -0.1) is 17.7 Å². The Bertz CT molecular complexity index is 2130. The van der Waals surface area contributed by atoms with Crippen LogP contribution < -0.4 is 5.19 Å². The number of aryl methyl sites for hydroxylation is 1. The Morgan fingerprint density at radius 1 is 1.02 bits per heavy atom. The second kappa shape index (κ2) is 14.1.